The maximum Gasteiger partial charge on any atom is 0.224 e. The van der Waals surface area contributed by atoms with Gasteiger partial charge in [0.15, 0.2) is 5.75 Å². The zero-order chi connectivity index (χ0) is 21.5. The van der Waals surface area contributed by atoms with Crippen molar-refractivity contribution in [2.24, 2.45) is 0 Å². The molecule has 0 bridgehead atoms. The molecular weight excluding hydrogens is 396 g/mol. The zero-order valence-electron chi connectivity index (χ0n) is 18.4. The van der Waals surface area contributed by atoms with E-state index in [1.165, 1.54) is 0 Å². The number of benzene rings is 1. The van der Waals surface area contributed by atoms with Gasteiger partial charge in [0.05, 0.1) is 17.3 Å². The summed E-state index contributed by atoms with van der Waals surface area (Å²) in [4.78, 5) is 17.8. The molecule has 30 heavy (non-hydrogen) atoms. The molecule has 5 heteroatoms. The van der Waals surface area contributed by atoms with Gasteiger partial charge in [0.25, 0.3) is 0 Å². The fraction of sp³-hybridized carbons (Fsp3) is 0.480. The van der Waals surface area contributed by atoms with E-state index in [9.17, 15) is 4.79 Å². The van der Waals surface area contributed by atoms with Gasteiger partial charge in [0.2, 0.25) is 5.43 Å². The Kier molecular flexibility index (Phi) is 8.17. The molecule has 4 nitrogen and oxygen atoms in total. The summed E-state index contributed by atoms with van der Waals surface area (Å²) in [6, 6.07) is 14.0. The molecular formula is C25H33ClN2O2. The summed E-state index contributed by atoms with van der Waals surface area (Å²) < 4.78 is 5.89. The number of rotatable bonds is 8. The highest BCUT2D eigenvalue weighted by atomic mass is 35.5. The molecule has 0 spiro atoms. The van der Waals surface area contributed by atoms with Crippen LogP contribution in [0.5, 0.6) is 5.75 Å². The van der Waals surface area contributed by atoms with Gasteiger partial charge in [-0.3, -0.25) is 9.69 Å². The highest BCUT2D eigenvalue weighted by Crippen LogP contribution is 2.26. The standard InChI is InChI=1S/C25H33ClN2O2/c1-4-5-16-30-24-17-20(19(2)3)10-11-21(25(24)29)18-27-12-14-28(15-13-27)23-9-7-6-8-22(23)26/h6-11,17,19H,4-5,12-16,18H2,1-3H3. The summed E-state index contributed by atoms with van der Waals surface area (Å²) >= 11 is 6.36. The minimum Gasteiger partial charge on any atom is -0.489 e. The monoisotopic (exact) mass is 428 g/mol. The molecule has 1 aliphatic rings. The van der Waals surface area contributed by atoms with Gasteiger partial charge in [0.1, 0.15) is 0 Å². The molecule has 0 saturated carbocycles. The van der Waals surface area contributed by atoms with E-state index in [0.717, 1.165) is 60.9 Å². The van der Waals surface area contributed by atoms with Crippen LogP contribution in [-0.4, -0.2) is 37.7 Å². The Bertz CT molecular complexity index is 892. The van der Waals surface area contributed by atoms with E-state index in [1.54, 1.807) is 0 Å². The molecule has 2 aromatic carbocycles. The van der Waals surface area contributed by atoms with Crippen LogP contribution in [0.3, 0.4) is 0 Å². The molecule has 0 aromatic heterocycles. The van der Waals surface area contributed by atoms with Gasteiger partial charge in [-0.1, -0.05) is 63.1 Å². The van der Waals surface area contributed by atoms with Crippen LogP contribution in [0.2, 0.25) is 5.02 Å². The van der Waals surface area contributed by atoms with Gasteiger partial charge in [-0.2, -0.15) is 0 Å². The molecule has 1 aliphatic heterocycles. The Morgan fingerprint density at radius 1 is 1.07 bits per heavy atom. The van der Waals surface area contributed by atoms with Crippen molar-refractivity contribution in [1.29, 1.82) is 0 Å². The van der Waals surface area contributed by atoms with Crippen LogP contribution >= 0.6 is 11.6 Å². The van der Waals surface area contributed by atoms with Crippen molar-refractivity contribution < 1.29 is 4.74 Å². The second-order valence-corrected chi connectivity index (χ2v) is 8.67. The first-order chi connectivity index (χ1) is 14.5. The lowest BCUT2D eigenvalue weighted by Gasteiger charge is -2.36. The quantitative estimate of drug-likeness (QED) is 0.532. The van der Waals surface area contributed by atoms with Gasteiger partial charge in [-0.15, -0.1) is 0 Å². The fourth-order valence-corrected chi connectivity index (χ4v) is 3.96. The Morgan fingerprint density at radius 2 is 1.80 bits per heavy atom. The molecule has 162 valence electrons. The summed E-state index contributed by atoms with van der Waals surface area (Å²) in [7, 11) is 0. The Hall–Kier alpha value is -2.04. The highest BCUT2D eigenvalue weighted by Gasteiger charge is 2.20. The molecule has 0 radical (unpaired) electrons. The molecule has 0 amide bonds. The van der Waals surface area contributed by atoms with E-state index < -0.39 is 0 Å². The lowest BCUT2D eigenvalue weighted by Crippen LogP contribution is -2.46. The van der Waals surface area contributed by atoms with Gasteiger partial charge in [-0.05, 0) is 36.1 Å². The third-order valence-electron chi connectivity index (χ3n) is 5.67. The molecule has 0 N–H and O–H groups in total. The molecule has 1 fully saturated rings. The van der Waals surface area contributed by atoms with Crippen molar-refractivity contribution in [3.8, 4) is 5.75 Å². The number of anilines is 1. The van der Waals surface area contributed by atoms with E-state index in [-0.39, 0.29) is 5.43 Å². The number of unbranched alkanes of at least 4 members (excludes halogenated alkanes) is 1. The lowest BCUT2D eigenvalue weighted by molar-refractivity contribution is 0.248. The number of ether oxygens (including phenoxy) is 1. The van der Waals surface area contributed by atoms with Crippen molar-refractivity contribution in [2.75, 3.05) is 37.7 Å². The third-order valence-corrected chi connectivity index (χ3v) is 5.99. The van der Waals surface area contributed by atoms with Crippen molar-refractivity contribution in [2.45, 2.75) is 46.1 Å². The van der Waals surface area contributed by atoms with Gasteiger partial charge < -0.3 is 9.64 Å². The summed E-state index contributed by atoms with van der Waals surface area (Å²) in [6.45, 7) is 11.2. The number of halogens is 1. The number of nitrogens with zero attached hydrogens (tertiary/aromatic N) is 2. The number of para-hydroxylation sites is 1. The smallest absolute Gasteiger partial charge is 0.224 e. The van der Waals surface area contributed by atoms with Crippen molar-refractivity contribution in [3.05, 3.63) is 68.8 Å². The van der Waals surface area contributed by atoms with Gasteiger partial charge in [-0.25, -0.2) is 0 Å². The Morgan fingerprint density at radius 3 is 2.47 bits per heavy atom. The number of piperazine rings is 1. The van der Waals surface area contributed by atoms with Crippen LogP contribution in [0.4, 0.5) is 5.69 Å². The van der Waals surface area contributed by atoms with E-state index in [0.29, 0.717) is 24.8 Å². The second-order valence-electron chi connectivity index (χ2n) is 8.27. The van der Waals surface area contributed by atoms with Crippen LogP contribution in [0.15, 0.2) is 47.3 Å². The SMILES string of the molecule is CCCCOc1cc(C(C)C)ccc(CN2CCN(c3ccccc3Cl)CC2)c1=O. The normalized spacial score (nSPS) is 14.9. The first kappa shape index (κ1) is 22.6. The van der Waals surface area contributed by atoms with Crippen molar-refractivity contribution in [3.63, 3.8) is 0 Å². The molecule has 0 unspecified atom stereocenters. The van der Waals surface area contributed by atoms with E-state index in [2.05, 4.69) is 42.7 Å². The topological polar surface area (TPSA) is 32.8 Å². The molecule has 1 saturated heterocycles. The predicted octanol–water partition coefficient (Wildman–Crippen LogP) is 5.32. The number of hydrogen-bond acceptors (Lipinski definition) is 4. The average Bonchev–Trinajstić information content (AvgIpc) is 2.89. The van der Waals surface area contributed by atoms with E-state index in [4.69, 9.17) is 16.3 Å². The Labute approximate surface area is 185 Å². The molecule has 2 aromatic rings. The average molecular weight is 429 g/mol. The van der Waals surface area contributed by atoms with Crippen molar-refractivity contribution in [1.82, 2.24) is 4.90 Å². The summed E-state index contributed by atoms with van der Waals surface area (Å²) in [5.41, 5.74) is 3.04. The minimum absolute atomic E-state index is 0.0199. The third kappa shape index (κ3) is 5.77. The van der Waals surface area contributed by atoms with Gasteiger partial charge >= 0.3 is 0 Å². The maximum absolute atomic E-state index is 13.2. The van der Waals surface area contributed by atoms with E-state index >= 15 is 0 Å². The van der Waals surface area contributed by atoms with E-state index in [1.807, 2.05) is 30.3 Å². The summed E-state index contributed by atoms with van der Waals surface area (Å²) in [5.74, 6) is 0.833. The van der Waals surface area contributed by atoms with Crippen LogP contribution < -0.4 is 15.1 Å². The van der Waals surface area contributed by atoms with Crippen LogP contribution in [-0.2, 0) is 6.54 Å². The molecule has 1 heterocycles. The van der Waals surface area contributed by atoms with Crippen LogP contribution in [0.1, 0.15) is 50.7 Å². The second kappa shape index (κ2) is 10.8. The summed E-state index contributed by atoms with van der Waals surface area (Å²) in [5, 5.41) is 0.790. The Balaban J connectivity index is 1.73. The van der Waals surface area contributed by atoms with Crippen molar-refractivity contribution >= 4 is 17.3 Å². The summed E-state index contributed by atoms with van der Waals surface area (Å²) in [6.07, 6.45) is 2.00. The van der Waals surface area contributed by atoms with Gasteiger partial charge in [0, 0.05) is 38.3 Å². The minimum atomic E-state index is 0.0199. The highest BCUT2D eigenvalue weighted by molar-refractivity contribution is 6.33. The van der Waals surface area contributed by atoms with Crippen LogP contribution in [0.25, 0.3) is 0 Å². The molecule has 0 atom stereocenters. The first-order valence-corrected chi connectivity index (χ1v) is 11.4. The zero-order valence-corrected chi connectivity index (χ0v) is 19.1. The lowest BCUT2D eigenvalue weighted by atomic mass is 10.1. The number of hydrogen-bond donors (Lipinski definition) is 0. The fourth-order valence-electron chi connectivity index (χ4n) is 3.71. The predicted molar refractivity (Wildman–Crippen MR) is 126 cm³/mol. The first-order valence-electron chi connectivity index (χ1n) is 11.0. The molecule has 0 aliphatic carbocycles. The largest absolute Gasteiger partial charge is 0.489 e. The maximum atomic E-state index is 13.2. The molecule has 3 rings (SSSR count). The van der Waals surface area contributed by atoms with Crippen LogP contribution in [0, 0.1) is 0 Å².